The van der Waals surface area contributed by atoms with Crippen LogP contribution < -0.4 is 5.32 Å². The van der Waals surface area contributed by atoms with E-state index >= 15 is 0 Å². The standard InChI is InChI=1S/C8H16BrNO/c1-7(11)10-6-8(2,3)4-5-9/h4-6H2,1-3H3,(H,10,11). The summed E-state index contributed by atoms with van der Waals surface area (Å²) in [5.74, 6) is 0.0487. The first-order valence-electron chi connectivity index (χ1n) is 3.78. The van der Waals surface area contributed by atoms with Gasteiger partial charge in [-0.1, -0.05) is 29.8 Å². The zero-order valence-electron chi connectivity index (χ0n) is 7.41. The van der Waals surface area contributed by atoms with Gasteiger partial charge in [-0.25, -0.2) is 0 Å². The Bertz CT molecular complexity index is 134. The number of carbonyl (C=O) groups excluding carboxylic acids is 1. The summed E-state index contributed by atoms with van der Waals surface area (Å²) in [5, 5.41) is 3.80. The number of amides is 1. The van der Waals surface area contributed by atoms with Gasteiger partial charge in [0, 0.05) is 18.8 Å². The Kier molecular flexibility index (Phi) is 4.73. The molecular weight excluding hydrogens is 206 g/mol. The van der Waals surface area contributed by atoms with Crippen molar-refractivity contribution in [1.29, 1.82) is 0 Å². The first kappa shape index (κ1) is 11.0. The van der Waals surface area contributed by atoms with Gasteiger partial charge in [0.2, 0.25) is 5.91 Å². The van der Waals surface area contributed by atoms with E-state index in [1.807, 2.05) is 0 Å². The van der Waals surface area contributed by atoms with E-state index in [2.05, 4.69) is 35.1 Å². The van der Waals surface area contributed by atoms with Crippen molar-refractivity contribution >= 4 is 21.8 Å². The van der Waals surface area contributed by atoms with E-state index in [1.54, 1.807) is 6.92 Å². The van der Waals surface area contributed by atoms with E-state index in [4.69, 9.17) is 0 Å². The molecule has 0 spiro atoms. The van der Waals surface area contributed by atoms with Crippen molar-refractivity contribution in [3.63, 3.8) is 0 Å². The number of hydrogen-bond acceptors (Lipinski definition) is 1. The molecule has 0 aromatic carbocycles. The molecule has 11 heavy (non-hydrogen) atoms. The van der Waals surface area contributed by atoms with Gasteiger partial charge in [0.1, 0.15) is 0 Å². The first-order valence-corrected chi connectivity index (χ1v) is 4.90. The van der Waals surface area contributed by atoms with Gasteiger partial charge in [-0.2, -0.15) is 0 Å². The number of halogens is 1. The maximum absolute atomic E-state index is 10.6. The topological polar surface area (TPSA) is 29.1 Å². The highest BCUT2D eigenvalue weighted by molar-refractivity contribution is 9.09. The van der Waals surface area contributed by atoms with Crippen LogP contribution >= 0.6 is 15.9 Å². The molecule has 0 radical (unpaired) electrons. The molecule has 0 saturated carbocycles. The summed E-state index contributed by atoms with van der Waals surface area (Å²) in [7, 11) is 0. The minimum absolute atomic E-state index is 0.0487. The number of rotatable bonds is 4. The van der Waals surface area contributed by atoms with Crippen LogP contribution in [0.25, 0.3) is 0 Å². The van der Waals surface area contributed by atoms with Crippen LogP contribution in [0, 0.1) is 5.41 Å². The van der Waals surface area contributed by atoms with Gasteiger partial charge in [0.05, 0.1) is 0 Å². The fourth-order valence-corrected chi connectivity index (χ4v) is 1.78. The van der Waals surface area contributed by atoms with Gasteiger partial charge >= 0.3 is 0 Å². The summed E-state index contributed by atoms with van der Waals surface area (Å²) >= 11 is 3.38. The van der Waals surface area contributed by atoms with Crippen molar-refractivity contribution in [1.82, 2.24) is 5.32 Å². The summed E-state index contributed by atoms with van der Waals surface area (Å²) in [4.78, 5) is 10.6. The molecule has 0 fully saturated rings. The van der Waals surface area contributed by atoms with E-state index in [0.717, 1.165) is 18.3 Å². The lowest BCUT2D eigenvalue weighted by molar-refractivity contribution is -0.119. The maximum atomic E-state index is 10.6. The van der Waals surface area contributed by atoms with E-state index in [9.17, 15) is 4.79 Å². The SMILES string of the molecule is CC(=O)NCC(C)(C)CCBr. The highest BCUT2D eigenvalue weighted by Gasteiger charge is 2.16. The Morgan fingerprint density at radius 2 is 2.09 bits per heavy atom. The van der Waals surface area contributed by atoms with Gasteiger partial charge in [-0.3, -0.25) is 4.79 Å². The van der Waals surface area contributed by atoms with Crippen LogP contribution in [0.3, 0.4) is 0 Å². The van der Waals surface area contributed by atoms with Crippen LogP contribution in [0.1, 0.15) is 27.2 Å². The maximum Gasteiger partial charge on any atom is 0.216 e. The van der Waals surface area contributed by atoms with Crippen LogP contribution in [0.5, 0.6) is 0 Å². The molecule has 0 aliphatic carbocycles. The average Bonchev–Trinajstić information content (AvgIpc) is 1.84. The highest BCUT2D eigenvalue weighted by atomic mass is 79.9. The van der Waals surface area contributed by atoms with Gasteiger partial charge < -0.3 is 5.32 Å². The van der Waals surface area contributed by atoms with Crippen molar-refractivity contribution in [2.24, 2.45) is 5.41 Å². The molecular formula is C8H16BrNO. The minimum Gasteiger partial charge on any atom is -0.356 e. The second-order valence-electron chi connectivity index (χ2n) is 3.51. The Morgan fingerprint density at radius 1 is 1.55 bits per heavy atom. The van der Waals surface area contributed by atoms with Crippen LogP contribution in [0.15, 0.2) is 0 Å². The summed E-state index contributed by atoms with van der Waals surface area (Å²) in [6.07, 6.45) is 1.08. The molecule has 1 N–H and O–H groups in total. The molecule has 1 amide bonds. The van der Waals surface area contributed by atoms with Gasteiger partial charge in [-0.05, 0) is 11.8 Å². The largest absolute Gasteiger partial charge is 0.356 e. The second kappa shape index (κ2) is 4.75. The number of hydrogen-bond donors (Lipinski definition) is 1. The zero-order valence-corrected chi connectivity index (χ0v) is 8.99. The Morgan fingerprint density at radius 3 is 2.45 bits per heavy atom. The van der Waals surface area contributed by atoms with Gasteiger partial charge in [-0.15, -0.1) is 0 Å². The summed E-state index contributed by atoms with van der Waals surface area (Å²) in [5.41, 5.74) is 0.204. The van der Waals surface area contributed by atoms with Crippen LogP contribution in [-0.2, 0) is 4.79 Å². The molecule has 0 aliphatic rings. The van der Waals surface area contributed by atoms with Crippen molar-refractivity contribution in [3.8, 4) is 0 Å². The van der Waals surface area contributed by atoms with Crippen LogP contribution in [0.4, 0.5) is 0 Å². The zero-order chi connectivity index (χ0) is 8.91. The molecule has 0 aliphatic heterocycles. The molecule has 2 nitrogen and oxygen atoms in total. The molecule has 0 aromatic rings. The van der Waals surface area contributed by atoms with E-state index in [0.29, 0.717) is 0 Å². The number of nitrogens with one attached hydrogen (secondary N) is 1. The smallest absolute Gasteiger partial charge is 0.216 e. The van der Waals surface area contributed by atoms with Crippen molar-refractivity contribution in [2.45, 2.75) is 27.2 Å². The van der Waals surface area contributed by atoms with Crippen molar-refractivity contribution < 1.29 is 4.79 Å². The Balaban J connectivity index is 3.63. The number of alkyl halides is 1. The molecule has 66 valence electrons. The lowest BCUT2D eigenvalue weighted by Crippen LogP contribution is -2.32. The summed E-state index contributed by atoms with van der Waals surface area (Å²) < 4.78 is 0. The fourth-order valence-electron chi connectivity index (χ4n) is 0.708. The van der Waals surface area contributed by atoms with E-state index in [1.165, 1.54) is 0 Å². The average molecular weight is 222 g/mol. The predicted octanol–water partition coefficient (Wildman–Crippen LogP) is 1.93. The predicted molar refractivity (Wildman–Crippen MR) is 50.9 cm³/mol. The number of carbonyl (C=O) groups is 1. The van der Waals surface area contributed by atoms with Gasteiger partial charge in [0.25, 0.3) is 0 Å². The Hall–Kier alpha value is -0.0500. The van der Waals surface area contributed by atoms with Crippen LogP contribution in [0.2, 0.25) is 0 Å². The molecule has 0 heterocycles. The van der Waals surface area contributed by atoms with Crippen LogP contribution in [-0.4, -0.2) is 17.8 Å². The van der Waals surface area contributed by atoms with E-state index < -0.39 is 0 Å². The molecule has 0 aromatic heterocycles. The normalized spacial score (nSPS) is 11.3. The third-order valence-corrected chi connectivity index (χ3v) is 1.98. The molecule has 0 rings (SSSR count). The van der Waals surface area contributed by atoms with Gasteiger partial charge in [0.15, 0.2) is 0 Å². The first-order chi connectivity index (χ1) is 4.98. The van der Waals surface area contributed by atoms with Crippen molar-refractivity contribution in [3.05, 3.63) is 0 Å². The lowest BCUT2D eigenvalue weighted by atomic mass is 9.90. The molecule has 0 unspecified atom stereocenters. The molecule has 0 saturated heterocycles. The quantitative estimate of drug-likeness (QED) is 0.723. The molecule has 0 bridgehead atoms. The lowest BCUT2D eigenvalue weighted by Gasteiger charge is -2.23. The third-order valence-electron chi connectivity index (χ3n) is 1.59. The Labute approximate surface area is 76.9 Å². The third kappa shape index (κ3) is 6.35. The summed E-state index contributed by atoms with van der Waals surface area (Å²) in [6, 6.07) is 0. The van der Waals surface area contributed by atoms with Crippen molar-refractivity contribution in [2.75, 3.05) is 11.9 Å². The fraction of sp³-hybridized carbons (Fsp3) is 0.875. The summed E-state index contributed by atoms with van der Waals surface area (Å²) in [6.45, 7) is 6.59. The monoisotopic (exact) mass is 221 g/mol. The minimum atomic E-state index is 0.0487. The second-order valence-corrected chi connectivity index (χ2v) is 4.31. The highest BCUT2D eigenvalue weighted by Crippen LogP contribution is 2.19. The molecule has 0 atom stereocenters. The van der Waals surface area contributed by atoms with E-state index in [-0.39, 0.29) is 11.3 Å². The molecule has 3 heteroatoms.